The Kier molecular flexibility index (Phi) is 7.95. The molecular formula is C19H30N6. The van der Waals surface area contributed by atoms with Crippen LogP contribution in [0.5, 0.6) is 0 Å². The molecule has 0 spiro atoms. The van der Waals surface area contributed by atoms with Crippen molar-refractivity contribution in [3.63, 3.8) is 0 Å². The van der Waals surface area contributed by atoms with Crippen molar-refractivity contribution in [2.75, 3.05) is 13.1 Å². The summed E-state index contributed by atoms with van der Waals surface area (Å²) >= 11 is 0. The van der Waals surface area contributed by atoms with Gasteiger partial charge in [-0.25, -0.2) is 14.7 Å². The lowest BCUT2D eigenvalue weighted by atomic mass is 10.1. The lowest BCUT2D eigenvalue weighted by molar-refractivity contribution is 0.549. The lowest BCUT2D eigenvalue weighted by Crippen LogP contribution is -2.37. The Morgan fingerprint density at radius 3 is 2.80 bits per heavy atom. The number of aromatic nitrogens is 3. The molecule has 0 aliphatic rings. The summed E-state index contributed by atoms with van der Waals surface area (Å²) < 4.78 is 1.82. The third-order valence-corrected chi connectivity index (χ3v) is 3.82. The van der Waals surface area contributed by atoms with Crippen molar-refractivity contribution < 1.29 is 0 Å². The topological polar surface area (TPSA) is 67.1 Å². The van der Waals surface area contributed by atoms with Crippen LogP contribution in [0, 0.1) is 5.92 Å². The SMILES string of the molecule is CCNC(=NCc1cccc(Cn2cncn2)c1)NCCCC(C)C. The molecule has 0 fully saturated rings. The van der Waals surface area contributed by atoms with Crippen LogP contribution in [0.15, 0.2) is 41.9 Å². The molecule has 0 radical (unpaired) electrons. The maximum atomic E-state index is 4.70. The van der Waals surface area contributed by atoms with Crippen molar-refractivity contribution in [3.05, 3.63) is 48.0 Å². The van der Waals surface area contributed by atoms with Gasteiger partial charge >= 0.3 is 0 Å². The number of hydrogen-bond donors (Lipinski definition) is 2. The van der Waals surface area contributed by atoms with E-state index < -0.39 is 0 Å². The lowest BCUT2D eigenvalue weighted by Gasteiger charge is -2.12. The van der Waals surface area contributed by atoms with E-state index in [1.165, 1.54) is 17.5 Å². The summed E-state index contributed by atoms with van der Waals surface area (Å²) in [6.07, 6.45) is 5.68. The highest BCUT2D eigenvalue weighted by Gasteiger charge is 2.01. The average molecular weight is 342 g/mol. The molecule has 6 heteroatoms. The Hall–Kier alpha value is -2.37. The molecule has 1 aromatic heterocycles. The van der Waals surface area contributed by atoms with Gasteiger partial charge in [0.2, 0.25) is 0 Å². The molecule has 2 rings (SSSR count). The van der Waals surface area contributed by atoms with Crippen LogP contribution in [0.25, 0.3) is 0 Å². The number of benzene rings is 1. The minimum absolute atomic E-state index is 0.657. The highest BCUT2D eigenvalue weighted by atomic mass is 15.3. The van der Waals surface area contributed by atoms with Crippen LogP contribution in [-0.2, 0) is 13.1 Å². The van der Waals surface area contributed by atoms with E-state index >= 15 is 0 Å². The van der Waals surface area contributed by atoms with Gasteiger partial charge < -0.3 is 10.6 Å². The fraction of sp³-hybridized carbons (Fsp3) is 0.526. The first kappa shape index (κ1) is 19.0. The second kappa shape index (κ2) is 10.5. The minimum atomic E-state index is 0.657. The quantitative estimate of drug-likeness (QED) is 0.418. The van der Waals surface area contributed by atoms with Gasteiger partial charge in [0.05, 0.1) is 13.1 Å². The summed E-state index contributed by atoms with van der Waals surface area (Å²) in [6.45, 7) is 9.80. The van der Waals surface area contributed by atoms with Crippen LogP contribution in [0.3, 0.4) is 0 Å². The van der Waals surface area contributed by atoms with E-state index in [2.05, 4.69) is 65.8 Å². The second-order valence-corrected chi connectivity index (χ2v) is 6.57. The summed E-state index contributed by atoms with van der Waals surface area (Å²) in [5.41, 5.74) is 2.39. The molecule has 0 bridgehead atoms. The molecule has 2 N–H and O–H groups in total. The molecule has 0 unspecified atom stereocenters. The molecule has 0 amide bonds. The largest absolute Gasteiger partial charge is 0.357 e. The molecule has 1 aromatic carbocycles. The van der Waals surface area contributed by atoms with Gasteiger partial charge in [-0.3, -0.25) is 0 Å². The van der Waals surface area contributed by atoms with Crippen LogP contribution >= 0.6 is 0 Å². The van der Waals surface area contributed by atoms with Gasteiger partial charge in [-0.15, -0.1) is 0 Å². The maximum absolute atomic E-state index is 4.70. The van der Waals surface area contributed by atoms with Crippen molar-refractivity contribution in [3.8, 4) is 0 Å². The van der Waals surface area contributed by atoms with Gasteiger partial charge in [0.1, 0.15) is 12.7 Å². The van der Waals surface area contributed by atoms with Gasteiger partial charge in [0.15, 0.2) is 5.96 Å². The van der Waals surface area contributed by atoms with Crippen LogP contribution in [-0.4, -0.2) is 33.8 Å². The molecule has 136 valence electrons. The summed E-state index contributed by atoms with van der Waals surface area (Å²) in [6, 6.07) is 8.45. The predicted molar refractivity (Wildman–Crippen MR) is 102 cm³/mol. The van der Waals surface area contributed by atoms with Crippen molar-refractivity contribution in [1.82, 2.24) is 25.4 Å². The Labute approximate surface area is 150 Å². The Bertz CT molecular complexity index is 633. The standard InChI is InChI=1S/C19H30N6/c1-4-21-19(22-10-6-7-16(2)3)23-12-17-8-5-9-18(11-17)13-25-15-20-14-24-25/h5,8-9,11,14-16H,4,6-7,10,12-13H2,1-3H3,(H2,21,22,23). The van der Waals surface area contributed by atoms with E-state index in [0.717, 1.165) is 37.9 Å². The molecule has 0 aliphatic carbocycles. The Balaban J connectivity index is 1.90. The Morgan fingerprint density at radius 2 is 2.08 bits per heavy atom. The third-order valence-electron chi connectivity index (χ3n) is 3.82. The highest BCUT2D eigenvalue weighted by Crippen LogP contribution is 2.08. The van der Waals surface area contributed by atoms with E-state index in [1.54, 1.807) is 12.7 Å². The zero-order valence-electron chi connectivity index (χ0n) is 15.6. The van der Waals surface area contributed by atoms with Gasteiger partial charge in [-0.2, -0.15) is 5.10 Å². The summed E-state index contributed by atoms with van der Waals surface area (Å²) in [5.74, 6) is 1.63. The van der Waals surface area contributed by atoms with E-state index in [-0.39, 0.29) is 0 Å². The normalized spacial score (nSPS) is 11.8. The zero-order chi connectivity index (χ0) is 17.9. The number of aliphatic imine (C=N–C) groups is 1. The zero-order valence-corrected chi connectivity index (χ0v) is 15.6. The summed E-state index contributed by atoms with van der Waals surface area (Å²) in [4.78, 5) is 8.68. The first-order valence-corrected chi connectivity index (χ1v) is 9.09. The molecule has 0 saturated carbocycles. The van der Waals surface area contributed by atoms with Crippen LogP contribution in [0.1, 0.15) is 44.7 Å². The first-order chi connectivity index (χ1) is 12.2. The van der Waals surface area contributed by atoms with Crippen molar-refractivity contribution in [2.24, 2.45) is 10.9 Å². The highest BCUT2D eigenvalue weighted by molar-refractivity contribution is 5.79. The molecule has 0 aliphatic heterocycles. The number of guanidine groups is 1. The van der Waals surface area contributed by atoms with Crippen LogP contribution in [0.2, 0.25) is 0 Å². The average Bonchev–Trinajstić information content (AvgIpc) is 3.09. The summed E-state index contributed by atoms with van der Waals surface area (Å²) in [7, 11) is 0. The molecule has 0 atom stereocenters. The molecular weight excluding hydrogens is 312 g/mol. The van der Waals surface area contributed by atoms with Crippen molar-refractivity contribution in [1.29, 1.82) is 0 Å². The van der Waals surface area contributed by atoms with Gasteiger partial charge in [0.25, 0.3) is 0 Å². The van der Waals surface area contributed by atoms with E-state index in [4.69, 9.17) is 4.99 Å². The predicted octanol–water partition coefficient (Wildman–Crippen LogP) is 2.82. The molecule has 1 heterocycles. The molecule has 25 heavy (non-hydrogen) atoms. The van der Waals surface area contributed by atoms with Gasteiger partial charge in [-0.1, -0.05) is 38.1 Å². The van der Waals surface area contributed by atoms with Crippen LogP contribution < -0.4 is 10.6 Å². The van der Waals surface area contributed by atoms with E-state index in [1.807, 2.05) is 4.68 Å². The maximum Gasteiger partial charge on any atom is 0.191 e. The number of rotatable bonds is 9. The molecule has 2 aromatic rings. The van der Waals surface area contributed by atoms with E-state index in [9.17, 15) is 0 Å². The van der Waals surface area contributed by atoms with Crippen molar-refractivity contribution >= 4 is 5.96 Å². The van der Waals surface area contributed by atoms with E-state index in [0.29, 0.717) is 6.54 Å². The van der Waals surface area contributed by atoms with Gasteiger partial charge in [0, 0.05) is 13.1 Å². The van der Waals surface area contributed by atoms with Crippen molar-refractivity contribution in [2.45, 2.75) is 46.7 Å². The van der Waals surface area contributed by atoms with Crippen LogP contribution in [0.4, 0.5) is 0 Å². The van der Waals surface area contributed by atoms with Gasteiger partial charge in [-0.05, 0) is 36.8 Å². The molecule has 0 saturated heterocycles. The fourth-order valence-corrected chi connectivity index (χ4v) is 2.56. The number of hydrogen-bond acceptors (Lipinski definition) is 3. The second-order valence-electron chi connectivity index (χ2n) is 6.57. The smallest absolute Gasteiger partial charge is 0.191 e. The number of nitrogens with one attached hydrogen (secondary N) is 2. The number of nitrogens with zero attached hydrogens (tertiary/aromatic N) is 4. The Morgan fingerprint density at radius 1 is 1.24 bits per heavy atom. The minimum Gasteiger partial charge on any atom is -0.357 e. The first-order valence-electron chi connectivity index (χ1n) is 9.09. The molecule has 6 nitrogen and oxygen atoms in total. The fourth-order valence-electron chi connectivity index (χ4n) is 2.56. The third kappa shape index (κ3) is 7.37. The summed E-state index contributed by atoms with van der Waals surface area (Å²) in [5, 5.41) is 10.9. The monoisotopic (exact) mass is 342 g/mol.